The van der Waals surface area contributed by atoms with Crippen LogP contribution in [0.25, 0.3) is 0 Å². The molecule has 1 rings (SSSR count). The Balaban J connectivity index is 2.42. The highest BCUT2D eigenvalue weighted by Crippen LogP contribution is 2.19. The quantitative estimate of drug-likeness (QED) is 0.755. The van der Waals surface area contributed by atoms with Crippen LogP contribution in [-0.4, -0.2) is 31.1 Å². The van der Waals surface area contributed by atoms with Gasteiger partial charge in [0.2, 0.25) is 0 Å². The Labute approximate surface area is 96.0 Å². The van der Waals surface area contributed by atoms with Crippen LogP contribution < -0.4 is 10.5 Å². The van der Waals surface area contributed by atoms with Gasteiger partial charge in [-0.1, -0.05) is 13.8 Å². The van der Waals surface area contributed by atoms with E-state index in [2.05, 4.69) is 18.7 Å². The Morgan fingerprint density at radius 1 is 1.31 bits per heavy atom. The number of ether oxygens (including phenoxy) is 1. The first-order chi connectivity index (χ1) is 7.67. The zero-order valence-electron chi connectivity index (χ0n) is 9.87. The molecule has 16 heavy (non-hydrogen) atoms. The Kier molecular flexibility index (Phi) is 5.05. The number of hydrogen-bond donors (Lipinski definition) is 1. The molecule has 0 amide bonds. The van der Waals surface area contributed by atoms with Gasteiger partial charge in [0.15, 0.2) is 11.6 Å². The second-order valence-electron chi connectivity index (χ2n) is 3.57. The highest BCUT2D eigenvalue weighted by molar-refractivity contribution is 5.42. The molecule has 0 heterocycles. The summed E-state index contributed by atoms with van der Waals surface area (Å²) in [6.07, 6.45) is 0. The van der Waals surface area contributed by atoms with Crippen LogP contribution >= 0.6 is 0 Å². The number of anilines is 1. The minimum Gasteiger partial charge on any atom is -0.489 e. The van der Waals surface area contributed by atoms with Crippen molar-refractivity contribution in [2.75, 3.05) is 32.0 Å². The fraction of sp³-hybridized carbons (Fsp3) is 0.500. The van der Waals surface area contributed by atoms with Gasteiger partial charge < -0.3 is 15.4 Å². The number of nitrogens with zero attached hydrogens (tertiary/aromatic N) is 1. The summed E-state index contributed by atoms with van der Waals surface area (Å²) in [6.45, 7) is 7.42. The largest absolute Gasteiger partial charge is 0.489 e. The van der Waals surface area contributed by atoms with E-state index >= 15 is 0 Å². The van der Waals surface area contributed by atoms with E-state index in [9.17, 15) is 4.39 Å². The normalized spacial score (nSPS) is 10.8. The third kappa shape index (κ3) is 3.70. The third-order valence-electron chi connectivity index (χ3n) is 2.52. The van der Waals surface area contributed by atoms with Crippen molar-refractivity contribution in [2.45, 2.75) is 13.8 Å². The van der Waals surface area contributed by atoms with Gasteiger partial charge in [0.1, 0.15) is 6.61 Å². The molecule has 1 aromatic carbocycles. The molecule has 0 spiro atoms. The van der Waals surface area contributed by atoms with Crippen LogP contribution in [0, 0.1) is 5.82 Å². The van der Waals surface area contributed by atoms with Gasteiger partial charge >= 0.3 is 0 Å². The van der Waals surface area contributed by atoms with E-state index < -0.39 is 5.82 Å². The maximum Gasteiger partial charge on any atom is 0.167 e. The first-order valence-electron chi connectivity index (χ1n) is 5.57. The van der Waals surface area contributed by atoms with E-state index in [1.807, 2.05) is 0 Å². The molecule has 0 fully saturated rings. The predicted molar refractivity (Wildman–Crippen MR) is 64.1 cm³/mol. The molecule has 1 aromatic rings. The molecule has 0 aromatic heterocycles. The molecule has 4 heteroatoms. The summed E-state index contributed by atoms with van der Waals surface area (Å²) < 4.78 is 18.7. The Bertz CT molecular complexity index is 327. The number of rotatable bonds is 6. The van der Waals surface area contributed by atoms with E-state index in [4.69, 9.17) is 10.5 Å². The summed E-state index contributed by atoms with van der Waals surface area (Å²) in [7, 11) is 0. The average molecular weight is 226 g/mol. The number of nitrogens with two attached hydrogens (primary N) is 1. The van der Waals surface area contributed by atoms with Crippen LogP contribution in [0.15, 0.2) is 18.2 Å². The molecule has 2 N–H and O–H groups in total. The fourth-order valence-electron chi connectivity index (χ4n) is 1.46. The van der Waals surface area contributed by atoms with Gasteiger partial charge in [-0.2, -0.15) is 0 Å². The van der Waals surface area contributed by atoms with Crippen LogP contribution in [0.2, 0.25) is 0 Å². The van der Waals surface area contributed by atoms with E-state index in [-0.39, 0.29) is 5.75 Å². The van der Waals surface area contributed by atoms with Gasteiger partial charge in [0.05, 0.1) is 0 Å². The van der Waals surface area contributed by atoms with Crippen molar-refractivity contribution in [3.05, 3.63) is 24.0 Å². The first-order valence-corrected chi connectivity index (χ1v) is 5.57. The van der Waals surface area contributed by atoms with Crippen molar-refractivity contribution in [2.24, 2.45) is 0 Å². The van der Waals surface area contributed by atoms with E-state index in [0.29, 0.717) is 12.3 Å². The molecular weight excluding hydrogens is 207 g/mol. The lowest BCUT2D eigenvalue weighted by molar-refractivity contribution is 0.217. The summed E-state index contributed by atoms with van der Waals surface area (Å²) in [6, 6.07) is 4.47. The summed E-state index contributed by atoms with van der Waals surface area (Å²) in [5.74, 6) is -0.138. The molecule has 0 atom stereocenters. The third-order valence-corrected chi connectivity index (χ3v) is 2.52. The van der Waals surface area contributed by atoms with Crippen LogP contribution in [-0.2, 0) is 0 Å². The van der Waals surface area contributed by atoms with Gasteiger partial charge in [-0.15, -0.1) is 0 Å². The highest BCUT2D eigenvalue weighted by atomic mass is 19.1. The van der Waals surface area contributed by atoms with Crippen LogP contribution in [0.5, 0.6) is 5.75 Å². The zero-order chi connectivity index (χ0) is 12.0. The summed E-state index contributed by atoms with van der Waals surface area (Å²) >= 11 is 0. The second-order valence-corrected chi connectivity index (χ2v) is 3.57. The van der Waals surface area contributed by atoms with Gasteiger partial charge in [0, 0.05) is 18.3 Å². The molecule has 0 aliphatic heterocycles. The van der Waals surface area contributed by atoms with Crippen molar-refractivity contribution >= 4 is 5.69 Å². The Hall–Kier alpha value is -1.29. The summed E-state index contributed by atoms with van der Waals surface area (Å²) in [4.78, 5) is 2.22. The Morgan fingerprint density at radius 2 is 2.00 bits per heavy atom. The molecule has 0 aliphatic rings. The lowest BCUT2D eigenvalue weighted by Gasteiger charge is -2.18. The van der Waals surface area contributed by atoms with E-state index in [0.717, 1.165) is 19.6 Å². The standard InChI is InChI=1S/C12H19FN2O/c1-3-15(4-2)7-8-16-12-6-5-10(14)9-11(12)13/h5-6,9H,3-4,7-8,14H2,1-2H3. The molecule has 0 saturated carbocycles. The fourth-order valence-corrected chi connectivity index (χ4v) is 1.46. The van der Waals surface area contributed by atoms with Gasteiger partial charge in [-0.05, 0) is 25.2 Å². The van der Waals surface area contributed by atoms with Crippen LogP contribution in [0.1, 0.15) is 13.8 Å². The SMILES string of the molecule is CCN(CC)CCOc1ccc(N)cc1F. The first kappa shape index (κ1) is 12.8. The van der Waals surface area contributed by atoms with Gasteiger partial charge in [-0.3, -0.25) is 0 Å². The monoisotopic (exact) mass is 226 g/mol. The second kappa shape index (κ2) is 6.33. The van der Waals surface area contributed by atoms with Crippen LogP contribution in [0.3, 0.4) is 0 Å². The van der Waals surface area contributed by atoms with Crippen molar-refractivity contribution in [1.82, 2.24) is 4.90 Å². The molecule has 0 aliphatic carbocycles. The minimum atomic E-state index is -0.403. The van der Waals surface area contributed by atoms with Crippen molar-refractivity contribution in [1.29, 1.82) is 0 Å². The number of likely N-dealkylation sites (N-methyl/N-ethyl adjacent to an activating group) is 1. The van der Waals surface area contributed by atoms with Gasteiger partial charge in [-0.25, -0.2) is 4.39 Å². The zero-order valence-corrected chi connectivity index (χ0v) is 9.87. The highest BCUT2D eigenvalue weighted by Gasteiger charge is 2.04. The molecule has 0 saturated heterocycles. The predicted octanol–water partition coefficient (Wildman–Crippen LogP) is 2.13. The van der Waals surface area contributed by atoms with Crippen molar-refractivity contribution < 1.29 is 9.13 Å². The minimum absolute atomic E-state index is 0.265. The van der Waals surface area contributed by atoms with E-state index in [1.54, 1.807) is 12.1 Å². The maximum atomic E-state index is 13.3. The summed E-state index contributed by atoms with van der Waals surface area (Å²) in [5.41, 5.74) is 5.85. The Morgan fingerprint density at radius 3 is 2.56 bits per heavy atom. The molecule has 0 unspecified atom stereocenters. The number of halogens is 1. The smallest absolute Gasteiger partial charge is 0.167 e. The number of benzene rings is 1. The lowest BCUT2D eigenvalue weighted by atomic mass is 10.3. The van der Waals surface area contributed by atoms with Crippen molar-refractivity contribution in [3.8, 4) is 5.75 Å². The van der Waals surface area contributed by atoms with Crippen LogP contribution in [0.4, 0.5) is 10.1 Å². The molecule has 3 nitrogen and oxygen atoms in total. The molecule has 0 bridgehead atoms. The molecule has 90 valence electrons. The number of hydrogen-bond acceptors (Lipinski definition) is 3. The van der Waals surface area contributed by atoms with E-state index in [1.165, 1.54) is 6.07 Å². The number of nitrogen functional groups attached to an aromatic ring is 1. The van der Waals surface area contributed by atoms with Gasteiger partial charge in [0.25, 0.3) is 0 Å². The maximum absolute atomic E-state index is 13.3. The topological polar surface area (TPSA) is 38.5 Å². The average Bonchev–Trinajstić information content (AvgIpc) is 2.27. The molecular formula is C12H19FN2O. The molecule has 0 radical (unpaired) electrons. The van der Waals surface area contributed by atoms with Crippen molar-refractivity contribution in [3.63, 3.8) is 0 Å². The summed E-state index contributed by atoms with van der Waals surface area (Å²) in [5, 5.41) is 0. The lowest BCUT2D eigenvalue weighted by Crippen LogP contribution is -2.28.